The Labute approximate surface area is 121 Å². The number of aromatic nitrogens is 3. The predicted molar refractivity (Wildman–Crippen MR) is 75.8 cm³/mol. The van der Waals surface area contributed by atoms with E-state index in [-0.39, 0.29) is 18.3 Å². The summed E-state index contributed by atoms with van der Waals surface area (Å²) in [6.45, 7) is 1.68. The van der Waals surface area contributed by atoms with Crippen LogP contribution < -0.4 is 5.32 Å². The van der Waals surface area contributed by atoms with E-state index in [0.29, 0.717) is 12.8 Å². The van der Waals surface area contributed by atoms with Crippen LogP contribution in [-0.4, -0.2) is 32.0 Å². The van der Waals surface area contributed by atoms with Crippen LogP contribution in [0, 0.1) is 6.92 Å². The number of anilines is 1. The van der Waals surface area contributed by atoms with Gasteiger partial charge in [0.2, 0.25) is 5.91 Å². The van der Waals surface area contributed by atoms with Crippen molar-refractivity contribution in [2.75, 3.05) is 5.32 Å². The second-order valence-electron chi connectivity index (χ2n) is 4.69. The molecule has 0 radical (unpaired) electrons. The fourth-order valence-corrected chi connectivity index (χ4v) is 1.77. The molecule has 0 saturated heterocycles. The molecule has 1 heterocycles. The van der Waals surface area contributed by atoms with E-state index in [1.54, 1.807) is 0 Å². The number of carbonyl (C=O) groups is 2. The zero-order valence-electron chi connectivity index (χ0n) is 11.6. The van der Waals surface area contributed by atoms with Gasteiger partial charge in [-0.15, -0.1) is 5.10 Å². The maximum absolute atomic E-state index is 11.8. The smallest absolute Gasteiger partial charge is 0.327 e. The summed E-state index contributed by atoms with van der Waals surface area (Å²) in [5.74, 6) is -0.967. The molecule has 110 valence electrons. The molecule has 1 aromatic carbocycles. The van der Waals surface area contributed by atoms with Crippen LogP contribution in [-0.2, 0) is 22.6 Å². The number of aliphatic carboxylic acids is 1. The van der Waals surface area contributed by atoms with Gasteiger partial charge in [-0.25, -0.2) is 0 Å². The van der Waals surface area contributed by atoms with Gasteiger partial charge in [-0.05, 0) is 18.9 Å². The Morgan fingerprint density at radius 1 is 1.29 bits per heavy atom. The summed E-state index contributed by atoms with van der Waals surface area (Å²) in [6.07, 6.45) is 2.29. The number of carboxylic acid groups (broad SMARTS) is 1. The van der Waals surface area contributed by atoms with Crippen molar-refractivity contribution in [3.8, 4) is 0 Å². The van der Waals surface area contributed by atoms with Crippen molar-refractivity contribution in [3.63, 3.8) is 0 Å². The Balaban J connectivity index is 1.82. The van der Waals surface area contributed by atoms with Crippen molar-refractivity contribution in [1.82, 2.24) is 15.0 Å². The summed E-state index contributed by atoms with van der Waals surface area (Å²) in [5, 5.41) is 18.8. The number of hydrogen-bond acceptors (Lipinski definition) is 4. The molecular weight excluding hydrogens is 272 g/mol. The van der Waals surface area contributed by atoms with Gasteiger partial charge in [-0.2, -0.15) is 9.90 Å². The second kappa shape index (κ2) is 6.65. The van der Waals surface area contributed by atoms with E-state index in [1.807, 2.05) is 31.2 Å². The average Bonchev–Trinajstić information content (AvgIpc) is 2.84. The summed E-state index contributed by atoms with van der Waals surface area (Å²) in [7, 11) is 0. The summed E-state index contributed by atoms with van der Waals surface area (Å²) in [4.78, 5) is 23.3. The number of benzene rings is 1. The Bertz CT molecular complexity index is 634. The third-order valence-corrected chi connectivity index (χ3v) is 2.84. The lowest BCUT2D eigenvalue weighted by Gasteiger charge is -2.02. The summed E-state index contributed by atoms with van der Waals surface area (Å²) < 4.78 is 0. The van der Waals surface area contributed by atoms with E-state index in [4.69, 9.17) is 5.11 Å². The first-order valence-electron chi connectivity index (χ1n) is 6.50. The van der Waals surface area contributed by atoms with Crippen molar-refractivity contribution >= 4 is 17.7 Å². The van der Waals surface area contributed by atoms with E-state index in [2.05, 4.69) is 15.5 Å². The molecule has 0 fully saturated rings. The Morgan fingerprint density at radius 2 is 2.00 bits per heavy atom. The van der Waals surface area contributed by atoms with Gasteiger partial charge in [-0.3, -0.25) is 9.59 Å². The first-order valence-corrected chi connectivity index (χ1v) is 6.50. The van der Waals surface area contributed by atoms with Crippen LogP contribution in [0.25, 0.3) is 0 Å². The van der Waals surface area contributed by atoms with Crippen LogP contribution in [0.5, 0.6) is 0 Å². The third kappa shape index (κ3) is 4.72. The molecule has 1 amide bonds. The van der Waals surface area contributed by atoms with Gasteiger partial charge in [0, 0.05) is 6.42 Å². The minimum atomic E-state index is -1.04. The second-order valence-corrected chi connectivity index (χ2v) is 4.69. The van der Waals surface area contributed by atoms with E-state index < -0.39 is 5.97 Å². The van der Waals surface area contributed by atoms with Crippen LogP contribution >= 0.6 is 0 Å². The number of carbonyl (C=O) groups excluding carboxylic acids is 1. The minimum Gasteiger partial charge on any atom is -0.480 e. The van der Waals surface area contributed by atoms with Crippen LogP contribution in [0.3, 0.4) is 0 Å². The highest BCUT2D eigenvalue weighted by molar-refractivity contribution is 5.89. The van der Waals surface area contributed by atoms with Gasteiger partial charge in [0.25, 0.3) is 0 Å². The number of rotatable bonds is 6. The quantitative estimate of drug-likeness (QED) is 0.833. The minimum absolute atomic E-state index is 0.182. The van der Waals surface area contributed by atoms with Crippen molar-refractivity contribution < 1.29 is 14.7 Å². The number of nitrogens with one attached hydrogen (secondary N) is 1. The van der Waals surface area contributed by atoms with Crippen molar-refractivity contribution in [3.05, 3.63) is 41.6 Å². The molecule has 2 rings (SSSR count). The van der Waals surface area contributed by atoms with E-state index in [9.17, 15) is 9.59 Å². The van der Waals surface area contributed by atoms with E-state index in [0.717, 1.165) is 10.4 Å². The highest BCUT2D eigenvalue weighted by atomic mass is 16.4. The molecule has 0 aliphatic heterocycles. The molecule has 7 nitrogen and oxygen atoms in total. The summed E-state index contributed by atoms with van der Waals surface area (Å²) in [5.41, 5.74) is 2.27. The normalized spacial score (nSPS) is 10.3. The monoisotopic (exact) mass is 288 g/mol. The lowest BCUT2D eigenvalue weighted by Crippen LogP contribution is -2.14. The maximum Gasteiger partial charge on any atom is 0.327 e. The Hall–Kier alpha value is -2.70. The number of aryl methyl sites for hydroxylation is 2. The van der Waals surface area contributed by atoms with E-state index in [1.165, 1.54) is 11.8 Å². The maximum atomic E-state index is 11.8. The lowest BCUT2D eigenvalue weighted by atomic mass is 10.1. The first-order chi connectivity index (χ1) is 10.0. The molecule has 2 aromatic rings. The van der Waals surface area contributed by atoms with Crippen LogP contribution in [0.4, 0.5) is 5.82 Å². The standard InChI is InChI=1S/C14H16N4O3/c1-10-2-4-11(5-3-10)6-7-13(19)16-12-8-15-18(17-12)9-14(20)21/h2-5,8H,6-7,9H2,1H3,(H,20,21)(H,16,17,19). The lowest BCUT2D eigenvalue weighted by molar-refractivity contribution is -0.138. The Morgan fingerprint density at radius 3 is 2.67 bits per heavy atom. The molecule has 0 saturated carbocycles. The molecule has 0 unspecified atom stereocenters. The Kier molecular flexibility index (Phi) is 4.65. The summed E-state index contributed by atoms with van der Waals surface area (Å²) in [6, 6.07) is 7.99. The van der Waals surface area contributed by atoms with Gasteiger partial charge in [0.15, 0.2) is 12.4 Å². The number of nitrogens with zero attached hydrogens (tertiary/aromatic N) is 3. The summed E-state index contributed by atoms with van der Waals surface area (Å²) >= 11 is 0. The van der Waals surface area contributed by atoms with Gasteiger partial charge in [0.05, 0.1) is 6.20 Å². The highest BCUT2D eigenvalue weighted by Crippen LogP contribution is 2.07. The molecule has 0 atom stereocenters. The molecule has 0 spiro atoms. The van der Waals surface area contributed by atoms with Gasteiger partial charge < -0.3 is 10.4 Å². The fourth-order valence-electron chi connectivity index (χ4n) is 1.77. The van der Waals surface area contributed by atoms with E-state index >= 15 is 0 Å². The number of carboxylic acids is 1. The predicted octanol–water partition coefficient (Wildman–Crippen LogP) is 1.24. The van der Waals surface area contributed by atoms with Crippen molar-refractivity contribution in [2.45, 2.75) is 26.3 Å². The SMILES string of the molecule is Cc1ccc(CCC(=O)Nc2cnn(CC(=O)O)n2)cc1. The number of amides is 1. The molecule has 7 heteroatoms. The topological polar surface area (TPSA) is 97.1 Å². The number of hydrogen-bond donors (Lipinski definition) is 2. The third-order valence-electron chi connectivity index (χ3n) is 2.84. The average molecular weight is 288 g/mol. The highest BCUT2D eigenvalue weighted by Gasteiger charge is 2.08. The van der Waals surface area contributed by atoms with Gasteiger partial charge in [-0.1, -0.05) is 29.8 Å². The molecule has 0 aliphatic carbocycles. The van der Waals surface area contributed by atoms with Crippen LogP contribution in [0.15, 0.2) is 30.5 Å². The van der Waals surface area contributed by atoms with Crippen molar-refractivity contribution in [2.24, 2.45) is 0 Å². The van der Waals surface area contributed by atoms with Crippen LogP contribution in [0.1, 0.15) is 17.5 Å². The largest absolute Gasteiger partial charge is 0.480 e. The zero-order chi connectivity index (χ0) is 15.2. The van der Waals surface area contributed by atoms with Gasteiger partial charge in [0.1, 0.15) is 0 Å². The molecule has 21 heavy (non-hydrogen) atoms. The molecule has 2 N–H and O–H groups in total. The first kappa shape index (κ1) is 14.7. The molecule has 0 bridgehead atoms. The van der Waals surface area contributed by atoms with Crippen molar-refractivity contribution in [1.29, 1.82) is 0 Å². The fraction of sp³-hybridized carbons (Fsp3) is 0.286. The van der Waals surface area contributed by atoms with Gasteiger partial charge >= 0.3 is 5.97 Å². The van der Waals surface area contributed by atoms with Crippen LogP contribution in [0.2, 0.25) is 0 Å². The molecule has 0 aliphatic rings. The molecular formula is C14H16N4O3. The molecule has 1 aromatic heterocycles. The zero-order valence-corrected chi connectivity index (χ0v) is 11.6.